The highest BCUT2D eigenvalue weighted by Gasteiger charge is 2.30. The van der Waals surface area contributed by atoms with Gasteiger partial charge < -0.3 is 24.5 Å². The van der Waals surface area contributed by atoms with E-state index in [1.807, 2.05) is 13.0 Å². The SMILES string of the molecule is CCCc1c(OCCCC/C=C\C=C\[C@@H](c2c(C(=O)O)oc3c(c2=O)=CCC(=S)C=3)[C@@H](O)c2ccccc2)ccc(C(C)=O)c1O. The van der Waals surface area contributed by atoms with Gasteiger partial charge in [0.05, 0.1) is 29.1 Å². The molecule has 3 aromatic rings. The molecule has 0 bridgehead atoms. The first-order chi connectivity index (χ1) is 22.1. The van der Waals surface area contributed by atoms with Crippen LogP contribution in [0.4, 0.5) is 0 Å². The average molecular weight is 643 g/mol. The molecule has 1 heterocycles. The molecule has 0 spiro atoms. The number of benzene rings is 2. The maximum atomic E-state index is 13.7. The normalized spacial score (nSPS) is 14.0. The van der Waals surface area contributed by atoms with E-state index >= 15 is 0 Å². The number of carboxylic acids is 1. The van der Waals surface area contributed by atoms with Crippen molar-refractivity contribution in [2.24, 2.45) is 0 Å². The van der Waals surface area contributed by atoms with Crippen LogP contribution in [0.15, 0.2) is 76.0 Å². The van der Waals surface area contributed by atoms with Crippen LogP contribution >= 0.6 is 12.2 Å². The second-order valence-corrected chi connectivity index (χ2v) is 11.6. The molecule has 1 aromatic heterocycles. The minimum Gasteiger partial charge on any atom is -0.507 e. The highest BCUT2D eigenvalue weighted by molar-refractivity contribution is 7.81. The van der Waals surface area contributed by atoms with Gasteiger partial charge >= 0.3 is 5.97 Å². The number of carbonyl (C=O) groups excluding carboxylic acids is 1. The Bertz CT molecular complexity index is 1840. The van der Waals surface area contributed by atoms with E-state index in [0.29, 0.717) is 46.8 Å². The zero-order valence-corrected chi connectivity index (χ0v) is 26.7. The molecule has 2 atom stereocenters. The van der Waals surface area contributed by atoms with Gasteiger partial charge in [-0.15, -0.1) is 0 Å². The molecule has 0 radical (unpaired) electrons. The average Bonchev–Trinajstić information content (AvgIpc) is 3.03. The van der Waals surface area contributed by atoms with Crippen LogP contribution in [0.25, 0.3) is 12.2 Å². The zero-order valence-electron chi connectivity index (χ0n) is 25.9. The van der Waals surface area contributed by atoms with Crippen molar-refractivity contribution in [2.75, 3.05) is 6.61 Å². The number of aliphatic hydroxyl groups excluding tert-OH is 1. The van der Waals surface area contributed by atoms with Gasteiger partial charge in [-0.3, -0.25) is 9.59 Å². The van der Waals surface area contributed by atoms with Crippen molar-refractivity contribution in [2.45, 2.75) is 64.4 Å². The van der Waals surface area contributed by atoms with E-state index in [9.17, 15) is 29.7 Å². The number of aliphatic hydroxyl groups is 1. The Balaban J connectivity index is 1.47. The minimum absolute atomic E-state index is 0.0125. The van der Waals surface area contributed by atoms with Gasteiger partial charge in [0.2, 0.25) is 5.76 Å². The molecule has 0 fully saturated rings. The number of aromatic carboxylic acids is 1. The van der Waals surface area contributed by atoms with Crippen molar-refractivity contribution in [3.63, 3.8) is 0 Å². The summed E-state index contributed by atoms with van der Waals surface area (Å²) in [6.45, 7) is 3.86. The van der Waals surface area contributed by atoms with Crippen molar-refractivity contribution in [1.82, 2.24) is 0 Å². The van der Waals surface area contributed by atoms with Crippen molar-refractivity contribution in [3.05, 3.63) is 116 Å². The number of unbranched alkanes of at least 4 members (excludes halogenated alkanes) is 2. The quantitative estimate of drug-likeness (QED) is 0.0825. The lowest BCUT2D eigenvalue weighted by atomic mass is 9.87. The Labute approximate surface area is 272 Å². The second kappa shape index (κ2) is 16.1. The smallest absolute Gasteiger partial charge is 0.372 e. The fourth-order valence-corrected chi connectivity index (χ4v) is 5.59. The Hall–Kier alpha value is -4.60. The van der Waals surface area contributed by atoms with Crippen LogP contribution in [0.5, 0.6) is 11.5 Å². The molecule has 1 aliphatic carbocycles. The Morgan fingerprint density at radius 3 is 2.57 bits per heavy atom. The number of fused-ring (bicyclic) bond motifs is 1. The number of thiocarbonyl (C=S) groups is 1. The third kappa shape index (κ3) is 8.16. The van der Waals surface area contributed by atoms with Gasteiger partial charge in [-0.25, -0.2) is 4.79 Å². The number of Topliss-reactive ketones (excluding diaryl/α,β-unsaturated/α-hetero) is 1. The lowest BCUT2D eigenvalue weighted by Gasteiger charge is -2.21. The number of phenols is 1. The zero-order chi connectivity index (χ0) is 33.2. The maximum absolute atomic E-state index is 13.7. The number of hydrogen-bond donors (Lipinski definition) is 3. The van der Waals surface area contributed by atoms with Crippen LogP contribution < -0.4 is 20.8 Å². The first-order valence-electron chi connectivity index (χ1n) is 15.3. The molecule has 0 aliphatic heterocycles. The number of rotatable bonds is 15. The summed E-state index contributed by atoms with van der Waals surface area (Å²) in [7, 11) is 0. The van der Waals surface area contributed by atoms with E-state index < -0.39 is 29.2 Å². The van der Waals surface area contributed by atoms with Crippen LogP contribution in [0.1, 0.15) is 95.6 Å². The standard InChI is InChI=1S/C37H38O8S/c1-3-13-27-30(20-19-26(23(2)38)34(27)40)44-21-12-7-5-4-6-11-16-29(33(39)24-14-9-8-10-15-24)32-35(41)28-18-17-25(46)22-31(28)45-36(32)37(42)43/h4,6,8-11,14-16,18-20,22,29,33,39-40H,3,5,7,12-13,17,21H2,1-2H3,(H,42,43)/b6-4-,16-11+/t29-,33-/m0/s1. The third-order valence-electron chi connectivity index (χ3n) is 7.73. The highest BCUT2D eigenvalue weighted by Crippen LogP contribution is 2.34. The second-order valence-electron chi connectivity index (χ2n) is 11.1. The molecule has 1 aliphatic rings. The Morgan fingerprint density at radius 1 is 1.11 bits per heavy atom. The Kier molecular flexibility index (Phi) is 12.0. The number of ether oxygens (including phenoxy) is 1. The summed E-state index contributed by atoms with van der Waals surface area (Å²) in [4.78, 5) is 38.2. The summed E-state index contributed by atoms with van der Waals surface area (Å²) in [5, 5.41) is 32.1. The molecular formula is C37H38O8S. The number of allylic oxidation sites excluding steroid dienone is 3. The first-order valence-corrected chi connectivity index (χ1v) is 15.7. The molecule has 9 heteroatoms. The fraction of sp³-hybridized carbons (Fsp3) is 0.297. The van der Waals surface area contributed by atoms with Crippen molar-refractivity contribution >= 4 is 41.0 Å². The van der Waals surface area contributed by atoms with Crippen molar-refractivity contribution < 1.29 is 34.1 Å². The number of ketones is 1. The molecule has 0 unspecified atom stereocenters. The molecule has 0 saturated carbocycles. The van der Waals surface area contributed by atoms with Crippen LogP contribution in [-0.2, 0) is 6.42 Å². The number of aromatic hydroxyl groups is 1. The van der Waals surface area contributed by atoms with Crippen LogP contribution in [0.3, 0.4) is 0 Å². The van der Waals surface area contributed by atoms with Gasteiger partial charge in [-0.1, -0.05) is 86.3 Å². The van der Waals surface area contributed by atoms with Crippen molar-refractivity contribution in [1.29, 1.82) is 0 Å². The minimum atomic E-state index is -1.41. The van der Waals surface area contributed by atoms with Gasteiger partial charge in [0.15, 0.2) is 11.2 Å². The van der Waals surface area contributed by atoms with Gasteiger partial charge in [0.25, 0.3) is 0 Å². The number of carboxylic acid groups (broad SMARTS) is 1. The number of phenolic OH excluding ortho intramolecular Hbond substituents is 1. The summed E-state index contributed by atoms with van der Waals surface area (Å²) in [5.41, 5.74) is 0.919. The lowest BCUT2D eigenvalue weighted by Crippen LogP contribution is -2.45. The molecule has 0 saturated heterocycles. The van der Waals surface area contributed by atoms with Gasteiger partial charge in [0, 0.05) is 22.8 Å². The molecule has 3 N–H and O–H groups in total. The number of carbonyl (C=O) groups is 2. The molecule has 4 rings (SSSR count). The van der Waals surface area contributed by atoms with Crippen LogP contribution in [0, 0.1) is 0 Å². The topological polar surface area (TPSA) is 134 Å². The third-order valence-corrected chi connectivity index (χ3v) is 8.01. The summed E-state index contributed by atoms with van der Waals surface area (Å²) in [6, 6.07) is 12.1. The van der Waals surface area contributed by atoms with E-state index in [0.717, 1.165) is 25.7 Å². The van der Waals surface area contributed by atoms with Gasteiger partial charge in [-0.2, -0.15) is 0 Å². The summed E-state index contributed by atoms with van der Waals surface area (Å²) in [5.74, 6) is -2.57. The fourth-order valence-electron chi connectivity index (χ4n) is 5.40. The molecule has 46 heavy (non-hydrogen) atoms. The molecular weight excluding hydrogens is 604 g/mol. The molecule has 8 nitrogen and oxygen atoms in total. The summed E-state index contributed by atoms with van der Waals surface area (Å²) < 4.78 is 11.6. The lowest BCUT2D eigenvalue weighted by molar-refractivity contribution is 0.0650. The van der Waals surface area contributed by atoms with E-state index in [-0.39, 0.29) is 27.7 Å². The Morgan fingerprint density at radius 2 is 1.87 bits per heavy atom. The van der Waals surface area contributed by atoms with E-state index in [1.165, 1.54) is 13.0 Å². The first kappa shape index (κ1) is 34.3. The predicted octanol–water partition coefficient (Wildman–Crippen LogP) is 5.71. The maximum Gasteiger partial charge on any atom is 0.372 e. The van der Waals surface area contributed by atoms with Crippen molar-refractivity contribution in [3.8, 4) is 11.5 Å². The summed E-state index contributed by atoms with van der Waals surface area (Å²) in [6.07, 6.45) is 13.0. The monoisotopic (exact) mass is 642 g/mol. The largest absolute Gasteiger partial charge is 0.507 e. The number of hydrogen-bond acceptors (Lipinski definition) is 8. The molecule has 0 amide bonds. The molecule has 2 aromatic carbocycles. The highest BCUT2D eigenvalue weighted by atomic mass is 32.1. The molecule has 240 valence electrons. The van der Waals surface area contributed by atoms with Gasteiger partial charge in [0.1, 0.15) is 16.9 Å². The summed E-state index contributed by atoms with van der Waals surface area (Å²) >= 11 is 5.21. The van der Waals surface area contributed by atoms with Crippen LogP contribution in [0.2, 0.25) is 0 Å². The van der Waals surface area contributed by atoms with E-state index in [2.05, 4.69) is 0 Å². The van der Waals surface area contributed by atoms with Crippen LogP contribution in [-0.4, -0.2) is 38.5 Å². The predicted molar refractivity (Wildman–Crippen MR) is 181 cm³/mol. The van der Waals surface area contributed by atoms with Gasteiger partial charge in [-0.05, 0) is 56.4 Å². The van der Waals surface area contributed by atoms with E-state index in [1.54, 1.807) is 66.8 Å². The van der Waals surface area contributed by atoms with E-state index in [4.69, 9.17) is 21.4 Å².